The molecule has 0 atom stereocenters. The van der Waals surface area contributed by atoms with E-state index >= 15 is 0 Å². The summed E-state index contributed by atoms with van der Waals surface area (Å²) in [7, 11) is 0. The first-order valence-electron chi connectivity index (χ1n) is 19.7. The van der Waals surface area contributed by atoms with Crippen LogP contribution in [0, 0.1) is 34.9 Å². The number of nitrogens with zero attached hydrogens (tertiary/aromatic N) is 4. The number of Topliss-reactive ketones (excluding diaryl/α,β-unsaturated/α-hetero) is 1. The van der Waals surface area contributed by atoms with Gasteiger partial charge in [-0.25, -0.2) is 26.3 Å². The van der Waals surface area contributed by atoms with E-state index in [1.807, 2.05) is 0 Å². The molecule has 2 aromatic heterocycles. The van der Waals surface area contributed by atoms with E-state index in [4.69, 9.17) is 18.9 Å². The average molecular weight is 849 g/mol. The van der Waals surface area contributed by atoms with E-state index < -0.39 is 51.8 Å². The Bertz CT molecular complexity index is 2690. The molecule has 11 nitrogen and oxygen atoms in total. The first kappa shape index (κ1) is 41.7. The maximum atomic E-state index is 14.1. The Kier molecular flexibility index (Phi) is 11.9. The smallest absolute Gasteiger partial charge is 0.280 e. The maximum Gasteiger partial charge on any atom is 0.280 e. The van der Waals surface area contributed by atoms with Crippen molar-refractivity contribution in [1.29, 1.82) is 0 Å². The van der Waals surface area contributed by atoms with Crippen LogP contribution in [0.2, 0.25) is 0 Å². The van der Waals surface area contributed by atoms with Crippen molar-refractivity contribution >= 4 is 27.6 Å². The van der Waals surface area contributed by atoms with Crippen molar-refractivity contribution in [1.82, 2.24) is 19.1 Å². The monoisotopic (exact) mass is 848 g/mol. The lowest BCUT2D eigenvalue weighted by molar-refractivity contribution is -0.186. The number of fused-ring (bicyclic) bond motifs is 2. The Balaban J connectivity index is 0.000000169. The number of ether oxygens (including phenoxy) is 4. The number of halogens is 6. The van der Waals surface area contributed by atoms with E-state index in [0.29, 0.717) is 85.7 Å². The van der Waals surface area contributed by atoms with Crippen LogP contribution < -0.4 is 20.6 Å². The molecule has 2 aliphatic carbocycles. The second kappa shape index (κ2) is 17.5. The number of benzene rings is 4. The molecule has 17 heteroatoms. The topological polar surface area (TPSA) is 124 Å². The average Bonchev–Trinajstić information content (AvgIpc) is 3.69. The number of carbonyl (C=O) groups is 1. The van der Waals surface area contributed by atoms with Crippen molar-refractivity contribution in [2.24, 2.45) is 0 Å². The fourth-order valence-electron chi connectivity index (χ4n) is 7.92. The van der Waals surface area contributed by atoms with Gasteiger partial charge in [-0.15, -0.1) is 0 Å². The van der Waals surface area contributed by atoms with Crippen LogP contribution in [0.4, 0.5) is 26.3 Å². The first-order chi connectivity index (χ1) is 29.3. The van der Waals surface area contributed by atoms with Crippen LogP contribution in [-0.4, -0.2) is 56.1 Å². The minimum absolute atomic E-state index is 0.0350. The van der Waals surface area contributed by atoms with E-state index in [0.717, 1.165) is 25.7 Å². The van der Waals surface area contributed by atoms with Crippen LogP contribution in [0.15, 0.2) is 82.9 Å². The molecule has 9 rings (SSSR count). The van der Waals surface area contributed by atoms with E-state index in [-0.39, 0.29) is 53.0 Å². The second-order valence-electron chi connectivity index (χ2n) is 15.2. The molecule has 4 aromatic carbocycles. The van der Waals surface area contributed by atoms with Crippen molar-refractivity contribution in [3.8, 4) is 11.5 Å². The number of hydrogen-bond acceptors (Lipinski definition) is 9. The van der Waals surface area contributed by atoms with Gasteiger partial charge in [-0.1, -0.05) is 0 Å². The molecule has 1 saturated heterocycles. The summed E-state index contributed by atoms with van der Waals surface area (Å²) < 4.78 is 109. The quantitative estimate of drug-likeness (QED) is 0.142. The number of ketones is 1. The number of aromatic nitrogens is 4. The Morgan fingerprint density at radius 2 is 1.00 bits per heavy atom. The van der Waals surface area contributed by atoms with Crippen molar-refractivity contribution in [3.05, 3.63) is 140 Å². The summed E-state index contributed by atoms with van der Waals surface area (Å²) >= 11 is 0. The van der Waals surface area contributed by atoms with Crippen LogP contribution in [0.25, 0.3) is 21.8 Å². The molecule has 6 aromatic rings. The lowest BCUT2D eigenvalue weighted by Gasteiger charge is -2.35. The summed E-state index contributed by atoms with van der Waals surface area (Å²) in [4.78, 5) is 43.5. The van der Waals surface area contributed by atoms with Crippen molar-refractivity contribution < 1.29 is 50.1 Å². The summed E-state index contributed by atoms with van der Waals surface area (Å²) in [6.45, 7) is 0.724. The van der Waals surface area contributed by atoms with Gasteiger partial charge in [0.2, 0.25) is 0 Å². The van der Waals surface area contributed by atoms with E-state index in [1.54, 1.807) is 30.3 Å². The molecule has 0 bridgehead atoms. The van der Waals surface area contributed by atoms with Gasteiger partial charge in [0, 0.05) is 61.1 Å². The van der Waals surface area contributed by atoms with Crippen molar-refractivity contribution in [2.75, 3.05) is 13.2 Å². The Morgan fingerprint density at radius 3 is 1.43 bits per heavy atom. The van der Waals surface area contributed by atoms with Crippen LogP contribution >= 0.6 is 0 Å². The highest BCUT2D eigenvalue weighted by atomic mass is 19.2. The van der Waals surface area contributed by atoms with Crippen LogP contribution in [0.5, 0.6) is 11.5 Å². The lowest BCUT2D eigenvalue weighted by atomic mass is 9.92. The molecule has 0 unspecified atom stereocenters. The normalized spacial score (nSPS) is 16.9. The standard InChI is InChI=1S/C23H21F3N2O4.C21H17F3N2O3/c24-14-9-19(25)18(20(26)10-14)12-28-13-27-22(29)17-11-16(1-2-21(17)28)32-15-3-5-23(6-4-15)30-7-8-31-23;22-12-7-18(23)17(19(24)8-12)10-26-11-25-21(28)16-9-15(5-6-20(16)26)29-14-3-1-13(27)2-4-14/h1-2,9-11,13,15H,3-8,12H2;5-9,11,14H,1-4,10H2. The maximum absolute atomic E-state index is 14.1. The van der Waals surface area contributed by atoms with Gasteiger partial charge in [0.15, 0.2) is 5.79 Å². The fraction of sp³-hybridized carbons (Fsp3) is 0.341. The third-order valence-corrected chi connectivity index (χ3v) is 11.1. The van der Waals surface area contributed by atoms with Gasteiger partial charge in [0.1, 0.15) is 52.2 Å². The molecular weight excluding hydrogens is 810 g/mol. The largest absolute Gasteiger partial charge is 0.490 e. The zero-order valence-electron chi connectivity index (χ0n) is 32.5. The molecule has 318 valence electrons. The molecule has 0 N–H and O–H groups in total. The molecular formula is C44H38F6N4O7. The molecule has 3 fully saturated rings. The van der Waals surface area contributed by atoms with Crippen LogP contribution in [-0.2, 0) is 27.4 Å². The molecule has 3 aliphatic rings. The number of carbonyl (C=O) groups excluding carboxylic acids is 1. The van der Waals surface area contributed by atoms with Crippen molar-refractivity contribution in [2.45, 2.75) is 82.5 Å². The van der Waals surface area contributed by atoms with Gasteiger partial charge in [-0.2, -0.15) is 9.97 Å². The molecule has 61 heavy (non-hydrogen) atoms. The molecule has 2 saturated carbocycles. The summed E-state index contributed by atoms with van der Waals surface area (Å²) in [5.41, 5.74) is -0.760. The van der Waals surface area contributed by atoms with Gasteiger partial charge < -0.3 is 28.1 Å². The SMILES string of the molecule is O=C1CCC(Oc2ccc3c(c2)c(=O)ncn3Cc2c(F)cc(F)cc2F)CC1.O=c1ncn(Cc2c(F)cc(F)cc2F)c2ccc(OC3CCC4(CC3)OCCO4)cc12. The lowest BCUT2D eigenvalue weighted by Crippen LogP contribution is -2.38. The summed E-state index contributed by atoms with van der Waals surface area (Å²) in [6.07, 6.45) is 7.48. The minimum Gasteiger partial charge on any atom is -0.490 e. The molecule has 3 heterocycles. The van der Waals surface area contributed by atoms with Gasteiger partial charge in [-0.3, -0.25) is 14.4 Å². The minimum atomic E-state index is -1.01. The molecule has 1 spiro atoms. The third kappa shape index (κ3) is 9.32. The Labute approximate surface area is 343 Å². The van der Waals surface area contributed by atoms with Gasteiger partial charge in [0.25, 0.3) is 11.1 Å². The molecule has 1 aliphatic heterocycles. The van der Waals surface area contributed by atoms with Crippen LogP contribution in [0.3, 0.4) is 0 Å². The third-order valence-electron chi connectivity index (χ3n) is 11.1. The highest BCUT2D eigenvalue weighted by molar-refractivity contribution is 5.81. The molecule has 0 radical (unpaired) electrons. The predicted molar refractivity (Wildman–Crippen MR) is 208 cm³/mol. The molecule has 0 amide bonds. The second-order valence-corrected chi connectivity index (χ2v) is 15.2. The van der Waals surface area contributed by atoms with E-state index in [1.165, 1.54) is 27.9 Å². The zero-order chi connectivity index (χ0) is 42.8. The zero-order valence-corrected chi connectivity index (χ0v) is 32.5. The Hall–Kier alpha value is -6.07. The van der Waals surface area contributed by atoms with Gasteiger partial charge >= 0.3 is 0 Å². The summed E-state index contributed by atoms with van der Waals surface area (Å²) in [5, 5.41) is 0.502. The van der Waals surface area contributed by atoms with Gasteiger partial charge in [0.05, 0.1) is 73.0 Å². The number of hydrogen-bond donors (Lipinski definition) is 0. The van der Waals surface area contributed by atoms with Crippen LogP contribution in [0.1, 0.15) is 62.5 Å². The highest BCUT2D eigenvalue weighted by Crippen LogP contribution is 2.37. The van der Waals surface area contributed by atoms with Gasteiger partial charge in [-0.05, 0) is 62.1 Å². The predicted octanol–water partition coefficient (Wildman–Crippen LogP) is 7.68. The number of rotatable bonds is 8. The first-order valence-corrected chi connectivity index (χ1v) is 19.7. The van der Waals surface area contributed by atoms with Crippen molar-refractivity contribution in [3.63, 3.8) is 0 Å². The highest BCUT2D eigenvalue weighted by Gasteiger charge is 2.41. The Morgan fingerprint density at radius 1 is 0.590 bits per heavy atom. The summed E-state index contributed by atoms with van der Waals surface area (Å²) in [5.74, 6) is -5.30. The van der Waals surface area contributed by atoms with E-state index in [9.17, 15) is 40.7 Å². The summed E-state index contributed by atoms with van der Waals surface area (Å²) in [6, 6.07) is 12.2. The van der Waals surface area contributed by atoms with E-state index in [2.05, 4.69) is 9.97 Å². The fourth-order valence-corrected chi connectivity index (χ4v) is 7.92.